The summed E-state index contributed by atoms with van der Waals surface area (Å²) in [5, 5.41) is 3.54. The summed E-state index contributed by atoms with van der Waals surface area (Å²) in [7, 11) is 0. The van der Waals surface area contributed by atoms with Crippen LogP contribution in [-0.4, -0.2) is 36.1 Å². The molecular formula is C18H31N3. The number of aryl methyl sites for hydroxylation is 1. The molecule has 0 amide bonds. The zero-order valence-electron chi connectivity index (χ0n) is 13.9. The maximum absolute atomic E-state index is 4.63. The van der Waals surface area contributed by atoms with Crippen LogP contribution < -0.4 is 5.32 Å². The van der Waals surface area contributed by atoms with Crippen LogP contribution in [0.15, 0.2) is 18.2 Å². The Hall–Kier alpha value is -0.930. The van der Waals surface area contributed by atoms with Gasteiger partial charge >= 0.3 is 0 Å². The largest absolute Gasteiger partial charge is 0.316 e. The fourth-order valence-electron chi connectivity index (χ4n) is 3.25. The number of nitrogens with zero attached hydrogens (tertiary/aromatic N) is 2. The number of hydrogen-bond donors (Lipinski definition) is 1. The van der Waals surface area contributed by atoms with Crippen LogP contribution in [0.25, 0.3) is 0 Å². The molecule has 0 spiro atoms. The minimum absolute atomic E-state index is 0.817. The van der Waals surface area contributed by atoms with Gasteiger partial charge < -0.3 is 5.32 Å². The van der Waals surface area contributed by atoms with Crippen LogP contribution in [0.5, 0.6) is 0 Å². The van der Waals surface area contributed by atoms with E-state index >= 15 is 0 Å². The highest BCUT2D eigenvalue weighted by Gasteiger charge is 2.20. The average molecular weight is 289 g/mol. The molecule has 3 heteroatoms. The Labute approximate surface area is 130 Å². The van der Waals surface area contributed by atoms with Crippen molar-refractivity contribution < 1.29 is 0 Å². The van der Waals surface area contributed by atoms with Gasteiger partial charge in [0, 0.05) is 12.2 Å². The molecule has 1 aromatic heterocycles. The monoisotopic (exact) mass is 289 g/mol. The quantitative estimate of drug-likeness (QED) is 0.835. The first-order valence-electron chi connectivity index (χ1n) is 8.54. The number of hydrogen-bond acceptors (Lipinski definition) is 3. The van der Waals surface area contributed by atoms with E-state index in [2.05, 4.69) is 54.2 Å². The normalized spacial score (nSPS) is 20.7. The Balaban J connectivity index is 1.79. The summed E-state index contributed by atoms with van der Waals surface area (Å²) in [5.74, 6) is 1.69. The number of pyridine rings is 1. The van der Waals surface area contributed by atoms with Gasteiger partial charge in [0.25, 0.3) is 0 Å². The number of nitrogens with one attached hydrogen (secondary N) is 1. The van der Waals surface area contributed by atoms with Crippen molar-refractivity contribution in [1.82, 2.24) is 15.2 Å². The van der Waals surface area contributed by atoms with E-state index < -0.39 is 0 Å². The molecule has 1 aromatic rings. The van der Waals surface area contributed by atoms with Crippen LogP contribution in [0.3, 0.4) is 0 Å². The zero-order valence-corrected chi connectivity index (χ0v) is 13.9. The first-order chi connectivity index (χ1) is 10.2. The van der Waals surface area contributed by atoms with E-state index in [1.807, 2.05) is 0 Å². The Morgan fingerprint density at radius 1 is 1.43 bits per heavy atom. The zero-order chi connectivity index (χ0) is 15.1. The lowest BCUT2D eigenvalue weighted by Crippen LogP contribution is -2.35. The Morgan fingerprint density at radius 3 is 2.95 bits per heavy atom. The summed E-state index contributed by atoms with van der Waals surface area (Å²) in [6.07, 6.45) is 4.05. The molecule has 0 aromatic carbocycles. The lowest BCUT2D eigenvalue weighted by molar-refractivity contribution is 0.212. The summed E-state index contributed by atoms with van der Waals surface area (Å²) in [6, 6.07) is 6.32. The third-order valence-corrected chi connectivity index (χ3v) is 4.82. The maximum Gasteiger partial charge on any atom is 0.0547 e. The number of rotatable bonds is 7. The molecule has 0 radical (unpaired) electrons. The molecule has 0 aliphatic carbocycles. The minimum atomic E-state index is 0.817. The van der Waals surface area contributed by atoms with E-state index in [1.54, 1.807) is 0 Å². The molecule has 3 nitrogen and oxygen atoms in total. The van der Waals surface area contributed by atoms with Crippen LogP contribution in [0, 0.1) is 18.8 Å². The van der Waals surface area contributed by atoms with Crippen molar-refractivity contribution in [3.8, 4) is 0 Å². The smallest absolute Gasteiger partial charge is 0.0547 e. The molecule has 0 saturated carbocycles. The highest BCUT2D eigenvalue weighted by molar-refractivity contribution is 5.09. The first-order valence-corrected chi connectivity index (χ1v) is 8.54. The average Bonchev–Trinajstić information content (AvgIpc) is 2.52. The van der Waals surface area contributed by atoms with Crippen molar-refractivity contribution in [2.45, 2.75) is 46.6 Å². The van der Waals surface area contributed by atoms with Gasteiger partial charge in [0.05, 0.1) is 5.69 Å². The van der Waals surface area contributed by atoms with E-state index in [-0.39, 0.29) is 0 Å². The molecule has 118 valence electrons. The molecular weight excluding hydrogens is 258 g/mol. The standard InChI is InChI=1S/C18H31N3/c1-4-21(14-18-9-5-7-16(3)20-18)12-10-15(2)17-8-6-11-19-13-17/h5,7,9,15,17,19H,4,6,8,10-14H2,1-3H3. The summed E-state index contributed by atoms with van der Waals surface area (Å²) in [6.45, 7) is 12.4. The molecule has 0 bridgehead atoms. The number of piperidine rings is 1. The molecule has 1 aliphatic rings. The van der Waals surface area contributed by atoms with Gasteiger partial charge in [0.15, 0.2) is 0 Å². The molecule has 2 rings (SSSR count). The predicted molar refractivity (Wildman–Crippen MR) is 89.3 cm³/mol. The molecule has 2 unspecified atom stereocenters. The van der Waals surface area contributed by atoms with Crippen LogP contribution in [0.2, 0.25) is 0 Å². The van der Waals surface area contributed by atoms with Gasteiger partial charge in [-0.3, -0.25) is 9.88 Å². The molecule has 2 heterocycles. The third-order valence-electron chi connectivity index (χ3n) is 4.82. The second-order valence-electron chi connectivity index (χ2n) is 6.51. The van der Waals surface area contributed by atoms with Crippen LogP contribution in [0.1, 0.15) is 44.5 Å². The van der Waals surface area contributed by atoms with E-state index in [0.717, 1.165) is 30.6 Å². The molecule has 21 heavy (non-hydrogen) atoms. The Bertz CT molecular complexity index is 413. The van der Waals surface area contributed by atoms with Crippen molar-refractivity contribution in [3.05, 3.63) is 29.6 Å². The van der Waals surface area contributed by atoms with Gasteiger partial charge in [-0.25, -0.2) is 0 Å². The van der Waals surface area contributed by atoms with Crippen molar-refractivity contribution >= 4 is 0 Å². The van der Waals surface area contributed by atoms with E-state index in [9.17, 15) is 0 Å². The summed E-state index contributed by atoms with van der Waals surface area (Å²) >= 11 is 0. The van der Waals surface area contributed by atoms with Gasteiger partial charge in [0.2, 0.25) is 0 Å². The van der Waals surface area contributed by atoms with Gasteiger partial charge in [-0.2, -0.15) is 0 Å². The fraction of sp³-hybridized carbons (Fsp3) is 0.722. The van der Waals surface area contributed by atoms with Crippen LogP contribution in [0.4, 0.5) is 0 Å². The van der Waals surface area contributed by atoms with E-state index in [1.165, 1.54) is 44.6 Å². The van der Waals surface area contributed by atoms with Crippen LogP contribution >= 0.6 is 0 Å². The van der Waals surface area contributed by atoms with Gasteiger partial charge in [-0.1, -0.05) is 19.9 Å². The SMILES string of the molecule is CCN(CCC(C)C1CCCNC1)Cc1cccc(C)n1. The van der Waals surface area contributed by atoms with E-state index in [4.69, 9.17) is 0 Å². The Kier molecular flexibility index (Phi) is 6.65. The minimum Gasteiger partial charge on any atom is -0.316 e. The third kappa shape index (κ3) is 5.40. The van der Waals surface area contributed by atoms with Crippen LogP contribution in [-0.2, 0) is 6.54 Å². The molecule has 1 saturated heterocycles. The number of aromatic nitrogens is 1. The second kappa shape index (κ2) is 8.50. The predicted octanol–water partition coefficient (Wildman–Crippen LogP) is 3.24. The summed E-state index contributed by atoms with van der Waals surface area (Å²) in [4.78, 5) is 7.15. The van der Waals surface area contributed by atoms with Crippen molar-refractivity contribution in [1.29, 1.82) is 0 Å². The van der Waals surface area contributed by atoms with Crippen molar-refractivity contribution in [2.75, 3.05) is 26.2 Å². The summed E-state index contributed by atoms with van der Waals surface area (Å²) in [5.41, 5.74) is 2.31. The Morgan fingerprint density at radius 2 is 2.29 bits per heavy atom. The molecule has 1 N–H and O–H groups in total. The maximum atomic E-state index is 4.63. The topological polar surface area (TPSA) is 28.2 Å². The van der Waals surface area contributed by atoms with Gasteiger partial charge in [-0.15, -0.1) is 0 Å². The molecule has 1 aliphatic heterocycles. The van der Waals surface area contributed by atoms with Crippen molar-refractivity contribution in [2.24, 2.45) is 11.8 Å². The lowest BCUT2D eigenvalue weighted by Gasteiger charge is -2.30. The lowest BCUT2D eigenvalue weighted by atomic mass is 9.85. The first kappa shape index (κ1) is 16.4. The van der Waals surface area contributed by atoms with Gasteiger partial charge in [-0.05, 0) is 76.3 Å². The summed E-state index contributed by atoms with van der Waals surface area (Å²) < 4.78 is 0. The fourth-order valence-corrected chi connectivity index (χ4v) is 3.25. The molecule has 2 atom stereocenters. The highest BCUT2D eigenvalue weighted by atomic mass is 15.1. The highest BCUT2D eigenvalue weighted by Crippen LogP contribution is 2.22. The van der Waals surface area contributed by atoms with Gasteiger partial charge in [0.1, 0.15) is 0 Å². The van der Waals surface area contributed by atoms with Crippen molar-refractivity contribution in [3.63, 3.8) is 0 Å². The second-order valence-corrected chi connectivity index (χ2v) is 6.51. The van der Waals surface area contributed by atoms with E-state index in [0.29, 0.717) is 0 Å². The molecule has 1 fully saturated rings.